The van der Waals surface area contributed by atoms with Crippen molar-refractivity contribution in [3.63, 3.8) is 0 Å². The lowest BCUT2D eigenvalue weighted by molar-refractivity contribution is 0.0522. The van der Waals surface area contributed by atoms with E-state index < -0.39 is 5.67 Å². The van der Waals surface area contributed by atoms with Crippen LogP contribution in [0.5, 0.6) is 0 Å². The van der Waals surface area contributed by atoms with E-state index in [1.54, 1.807) is 13.0 Å². The monoisotopic (exact) mass is 227 g/mol. The topological polar surface area (TPSA) is 36.6 Å². The van der Waals surface area contributed by atoms with E-state index in [0.29, 0.717) is 25.3 Å². The highest BCUT2D eigenvalue weighted by Gasteiger charge is 2.30. The van der Waals surface area contributed by atoms with Gasteiger partial charge in [-0.3, -0.25) is 4.90 Å². The molecule has 0 amide bonds. The number of piperidine rings is 1. The average Bonchev–Trinajstić information content (AvgIpc) is 2.64. The normalized spacial score (nSPS) is 27.2. The molecule has 2 rings (SSSR count). The number of rotatable bonds is 3. The third-order valence-electron chi connectivity index (χ3n) is 2.98. The minimum atomic E-state index is -1.08. The maximum atomic E-state index is 13.8. The van der Waals surface area contributed by atoms with Gasteiger partial charge in [-0.2, -0.15) is 0 Å². The van der Waals surface area contributed by atoms with E-state index in [0.717, 1.165) is 18.7 Å². The summed E-state index contributed by atoms with van der Waals surface area (Å²) in [6.45, 7) is 3.57. The van der Waals surface area contributed by atoms with Crippen LogP contribution in [0, 0.1) is 0 Å². The average molecular weight is 227 g/mol. The maximum Gasteiger partial charge on any atom is 0.129 e. The molecule has 4 heteroatoms. The quantitative estimate of drug-likeness (QED) is 0.859. The Hall–Kier alpha value is -0.870. The standard InChI is InChI=1S/C12H18FNO2/c1-12(13)5-2-6-14(9-12)7-10-3-4-11(8-15)16-10/h3-4,15H,2,5-9H2,1H3. The van der Waals surface area contributed by atoms with Crippen molar-refractivity contribution in [3.05, 3.63) is 23.7 Å². The molecular formula is C12H18FNO2. The van der Waals surface area contributed by atoms with Crippen LogP contribution >= 0.6 is 0 Å². The molecule has 1 aromatic rings. The molecule has 2 heterocycles. The summed E-state index contributed by atoms with van der Waals surface area (Å²) < 4.78 is 19.2. The molecule has 0 saturated carbocycles. The van der Waals surface area contributed by atoms with E-state index in [1.807, 2.05) is 6.07 Å². The zero-order chi connectivity index (χ0) is 11.6. The lowest BCUT2D eigenvalue weighted by Gasteiger charge is -2.34. The number of aliphatic hydroxyl groups is 1. The van der Waals surface area contributed by atoms with Crippen molar-refractivity contribution in [2.75, 3.05) is 13.1 Å². The summed E-state index contributed by atoms with van der Waals surface area (Å²) in [4.78, 5) is 2.06. The third-order valence-corrected chi connectivity index (χ3v) is 2.98. The molecule has 1 unspecified atom stereocenters. The number of likely N-dealkylation sites (tertiary alicyclic amines) is 1. The summed E-state index contributed by atoms with van der Waals surface area (Å²) in [7, 11) is 0. The van der Waals surface area contributed by atoms with Gasteiger partial charge in [0.1, 0.15) is 23.8 Å². The van der Waals surface area contributed by atoms with Gasteiger partial charge in [0, 0.05) is 6.54 Å². The van der Waals surface area contributed by atoms with E-state index in [-0.39, 0.29) is 6.61 Å². The lowest BCUT2D eigenvalue weighted by atomic mass is 9.97. The molecular weight excluding hydrogens is 209 g/mol. The lowest BCUT2D eigenvalue weighted by Crippen LogP contribution is -2.42. The van der Waals surface area contributed by atoms with E-state index in [4.69, 9.17) is 9.52 Å². The predicted molar refractivity (Wildman–Crippen MR) is 58.7 cm³/mol. The number of hydrogen-bond acceptors (Lipinski definition) is 3. The van der Waals surface area contributed by atoms with Crippen LogP contribution in [-0.2, 0) is 13.2 Å². The fourth-order valence-electron chi connectivity index (χ4n) is 2.24. The Bertz CT molecular complexity index is 349. The minimum Gasteiger partial charge on any atom is -0.462 e. The molecule has 1 aliphatic rings. The fourth-order valence-corrected chi connectivity index (χ4v) is 2.24. The molecule has 0 spiro atoms. The maximum absolute atomic E-state index is 13.8. The van der Waals surface area contributed by atoms with Crippen LogP contribution in [0.3, 0.4) is 0 Å². The van der Waals surface area contributed by atoms with Gasteiger partial charge in [0.25, 0.3) is 0 Å². The zero-order valence-electron chi connectivity index (χ0n) is 9.58. The van der Waals surface area contributed by atoms with Gasteiger partial charge in [-0.05, 0) is 38.4 Å². The van der Waals surface area contributed by atoms with Crippen LogP contribution in [0.15, 0.2) is 16.5 Å². The van der Waals surface area contributed by atoms with E-state index in [9.17, 15) is 4.39 Å². The molecule has 1 fully saturated rings. The van der Waals surface area contributed by atoms with Gasteiger partial charge in [-0.1, -0.05) is 0 Å². The molecule has 3 nitrogen and oxygen atoms in total. The molecule has 1 aromatic heterocycles. The zero-order valence-corrected chi connectivity index (χ0v) is 9.58. The fraction of sp³-hybridized carbons (Fsp3) is 0.667. The Morgan fingerprint density at radius 2 is 2.25 bits per heavy atom. The summed E-state index contributed by atoms with van der Waals surface area (Å²) in [5.41, 5.74) is -1.08. The third kappa shape index (κ3) is 2.83. The Morgan fingerprint density at radius 1 is 1.50 bits per heavy atom. The summed E-state index contributed by atoms with van der Waals surface area (Å²) in [6.07, 6.45) is 1.53. The highest BCUT2D eigenvalue weighted by Crippen LogP contribution is 2.25. The number of furan rings is 1. The number of hydrogen-bond donors (Lipinski definition) is 1. The molecule has 90 valence electrons. The van der Waals surface area contributed by atoms with E-state index in [2.05, 4.69) is 4.90 Å². The van der Waals surface area contributed by atoms with Crippen LogP contribution in [0.4, 0.5) is 4.39 Å². The molecule has 0 aromatic carbocycles. The van der Waals surface area contributed by atoms with Gasteiger partial charge < -0.3 is 9.52 Å². The van der Waals surface area contributed by atoms with Crippen molar-refractivity contribution in [1.82, 2.24) is 4.90 Å². The number of halogens is 1. The first-order valence-corrected chi connectivity index (χ1v) is 5.69. The molecule has 1 atom stereocenters. The number of aliphatic hydroxyl groups excluding tert-OH is 1. The van der Waals surface area contributed by atoms with Crippen molar-refractivity contribution >= 4 is 0 Å². The highest BCUT2D eigenvalue weighted by atomic mass is 19.1. The van der Waals surface area contributed by atoms with Crippen LogP contribution in [0.25, 0.3) is 0 Å². The Labute approximate surface area is 94.9 Å². The molecule has 1 aliphatic heterocycles. The first-order valence-electron chi connectivity index (χ1n) is 5.69. The van der Waals surface area contributed by atoms with Gasteiger partial charge in [0.2, 0.25) is 0 Å². The largest absolute Gasteiger partial charge is 0.462 e. The van der Waals surface area contributed by atoms with Crippen LogP contribution in [0.2, 0.25) is 0 Å². The molecule has 16 heavy (non-hydrogen) atoms. The van der Waals surface area contributed by atoms with Crippen molar-refractivity contribution in [2.45, 2.75) is 38.6 Å². The molecule has 0 bridgehead atoms. The second-order valence-electron chi connectivity index (χ2n) is 4.75. The number of alkyl halides is 1. The summed E-state index contributed by atoms with van der Waals surface area (Å²) in [5.74, 6) is 1.36. The van der Waals surface area contributed by atoms with Crippen molar-refractivity contribution in [2.24, 2.45) is 0 Å². The second-order valence-corrected chi connectivity index (χ2v) is 4.75. The predicted octanol–water partition coefficient (Wildman–Crippen LogP) is 2.10. The summed E-state index contributed by atoms with van der Waals surface area (Å²) in [5, 5.41) is 8.87. The molecule has 0 aliphatic carbocycles. The second kappa shape index (κ2) is 4.55. The van der Waals surface area contributed by atoms with Crippen molar-refractivity contribution in [3.8, 4) is 0 Å². The van der Waals surface area contributed by atoms with Crippen molar-refractivity contribution in [1.29, 1.82) is 0 Å². The Balaban J connectivity index is 1.94. The van der Waals surface area contributed by atoms with Gasteiger partial charge in [0.05, 0.1) is 6.54 Å². The SMILES string of the molecule is CC1(F)CCCN(Cc2ccc(CO)o2)C1. The smallest absolute Gasteiger partial charge is 0.129 e. The van der Waals surface area contributed by atoms with Crippen LogP contribution in [-0.4, -0.2) is 28.8 Å². The molecule has 0 radical (unpaired) electrons. The van der Waals surface area contributed by atoms with Gasteiger partial charge in [-0.25, -0.2) is 4.39 Å². The highest BCUT2D eigenvalue weighted by molar-refractivity contribution is 5.06. The van der Waals surface area contributed by atoms with Gasteiger partial charge >= 0.3 is 0 Å². The number of nitrogens with zero attached hydrogens (tertiary/aromatic N) is 1. The summed E-state index contributed by atoms with van der Waals surface area (Å²) >= 11 is 0. The minimum absolute atomic E-state index is 0.0825. The Kier molecular flexibility index (Phi) is 3.30. The van der Waals surface area contributed by atoms with Gasteiger partial charge in [0.15, 0.2) is 0 Å². The first kappa shape index (κ1) is 11.6. The Morgan fingerprint density at radius 3 is 2.88 bits per heavy atom. The van der Waals surface area contributed by atoms with Crippen LogP contribution < -0.4 is 0 Å². The molecule has 1 saturated heterocycles. The van der Waals surface area contributed by atoms with E-state index >= 15 is 0 Å². The van der Waals surface area contributed by atoms with Crippen LogP contribution in [0.1, 0.15) is 31.3 Å². The van der Waals surface area contributed by atoms with E-state index in [1.165, 1.54) is 0 Å². The summed E-state index contributed by atoms with van der Waals surface area (Å²) in [6, 6.07) is 3.60. The first-order chi connectivity index (χ1) is 7.59. The molecule has 1 N–H and O–H groups in total. The van der Waals surface area contributed by atoms with Crippen molar-refractivity contribution < 1.29 is 13.9 Å². The van der Waals surface area contributed by atoms with Gasteiger partial charge in [-0.15, -0.1) is 0 Å².